The highest BCUT2D eigenvalue weighted by atomic mass is 16.5. The zero-order valence-corrected chi connectivity index (χ0v) is 16.4. The summed E-state index contributed by atoms with van der Waals surface area (Å²) in [7, 11) is 1.58. The lowest BCUT2D eigenvalue weighted by Gasteiger charge is -2.09. The Hall–Kier alpha value is -4.20. The molecule has 0 bridgehead atoms. The number of ether oxygens (including phenoxy) is 2. The first-order chi connectivity index (χ1) is 14.6. The largest absolute Gasteiger partial charge is 0.497 e. The highest BCUT2D eigenvalue weighted by Crippen LogP contribution is 2.23. The Labute approximate surface area is 173 Å². The Bertz CT molecular complexity index is 1150. The summed E-state index contributed by atoms with van der Waals surface area (Å²) in [5.41, 5.74) is 1.19. The van der Waals surface area contributed by atoms with Gasteiger partial charge in [-0.1, -0.05) is 0 Å². The van der Waals surface area contributed by atoms with Gasteiger partial charge in [-0.3, -0.25) is 9.36 Å². The summed E-state index contributed by atoms with van der Waals surface area (Å²) in [5, 5.41) is 2.85. The maximum Gasteiger partial charge on any atom is 0.255 e. The Balaban J connectivity index is 1.42. The number of aromatic nitrogens is 4. The lowest BCUT2D eigenvalue weighted by atomic mass is 10.2. The molecule has 0 aliphatic heterocycles. The quantitative estimate of drug-likeness (QED) is 0.525. The molecule has 0 radical (unpaired) electrons. The predicted octanol–water partition coefficient (Wildman–Crippen LogP) is 4.02. The van der Waals surface area contributed by atoms with E-state index in [9.17, 15) is 4.79 Å². The van der Waals surface area contributed by atoms with E-state index in [1.165, 1.54) is 6.33 Å². The highest BCUT2D eigenvalue weighted by molar-refractivity contribution is 6.04. The van der Waals surface area contributed by atoms with Crippen LogP contribution >= 0.6 is 0 Å². The van der Waals surface area contributed by atoms with Gasteiger partial charge < -0.3 is 14.8 Å². The minimum absolute atomic E-state index is 0.206. The fraction of sp³-hybridized carbons (Fsp3) is 0.0909. The number of carbonyl (C=O) groups excluding carboxylic acids is 1. The van der Waals surface area contributed by atoms with Crippen molar-refractivity contribution in [2.45, 2.75) is 6.92 Å². The molecule has 2 heterocycles. The lowest BCUT2D eigenvalue weighted by Crippen LogP contribution is -2.11. The Kier molecular flexibility index (Phi) is 5.38. The van der Waals surface area contributed by atoms with Crippen LogP contribution in [-0.2, 0) is 0 Å². The molecule has 0 saturated carbocycles. The van der Waals surface area contributed by atoms with Crippen LogP contribution < -0.4 is 14.8 Å². The van der Waals surface area contributed by atoms with Gasteiger partial charge in [0.15, 0.2) is 0 Å². The summed E-state index contributed by atoms with van der Waals surface area (Å²) >= 11 is 0. The number of nitrogens with one attached hydrogen (secondary N) is 1. The van der Waals surface area contributed by atoms with Crippen LogP contribution in [0.3, 0.4) is 0 Å². The number of rotatable bonds is 6. The van der Waals surface area contributed by atoms with Gasteiger partial charge in [-0.25, -0.2) is 15.0 Å². The first-order valence-electron chi connectivity index (χ1n) is 9.18. The molecule has 0 aliphatic rings. The van der Waals surface area contributed by atoms with Crippen molar-refractivity contribution < 1.29 is 14.3 Å². The second kappa shape index (κ2) is 8.44. The molecular formula is C22H19N5O3. The summed E-state index contributed by atoms with van der Waals surface area (Å²) in [4.78, 5) is 25.0. The maximum absolute atomic E-state index is 12.4. The number of benzene rings is 2. The number of hydrogen-bond donors (Lipinski definition) is 1. The Morgan fingerprint density at radius 3 is 2.37 bits per heavy atom. The molecule has 2 aromatic heterocycles. The van der Waals surface area contributed by atoms with Gasteiger partial charge in [0.1, 0.15) is 29.5 Å². The molecule has 0 atom stereocenters. The summed E-state index contributed by atoms with van der Waals surface area (Å²) in [5.74, 6) is 2.97. The fourth-order valence-electron chi connectivity index (χ4n) is 2.81. The van der Waals surface area contributed by atoms with Gasteiger partial charge in [0.05, 0.1) is 7.11 Å². The zero-order chi connectivity index (χ0) is 20.9. The number of imidazole rings is 1. The molecule has 4 aromatic rings. The molecule has 2 aromatic carbocycles. The Morgan fingerprint density at radius 2 is 1.70 bits per heavy atom. The smallest absolute Gasteiger partial charge is 0.255 e. The van der Waals surface area contributed by atoms with Gasteiger partial charge in [0.2, 0.25) is 5.88 Å². The second-order valence-electron chi connectivity index (χ2n) is 6.37. The van der Waals surface area contributed by atoms with Crippen LogP contribution in [0.2, 0.25) is 0 Å². The van der Waals surface area contributed by atoms with E-state index in [-0.39, 0.29) is 5.91 Å². The molecule has 0 fully saturated rings. The predicted molar refractivity (Wildman–Crippen MR) is 111 cm³/mol. The summed E-state index contributed by atoms with van der Waals surface area (Å²) < 4.78 is 12.8. The molecule has 8 heteroatoms. The first-order valence-corrected chi connectivity index (χ1v) is 9.18. The van der Waals surface area contributed by atoms with E-state index in [1.807, 2.05) is 17.7 Å². The summed E-state index contributed by atoms with van der Waals surface area (Å²) in [6, 6.07) is 15.7. The van der Waals surface area contributed by atoms with E-state index in [4.69, 9.17) is 9.47 Å². The molecule has 0 aliphatic carbocycles. The van der Waals surface area contributed by atoms with Crippen LogP contribution in [0.15, 0.2) is 73.3 Å². The van der Waals surface area contributed by atoms with Crippen LogP contribution in [-0.4, -0.2) is 32.5 Å². The molecule has 1 N–H and O–H groups in total. The standard InChI is InChI=1S/C22H19N5O3/c1-15-23-11-12-27(15)20-13-21(25-14-24-20)30-19-9-5-17(6-10-19)26-22(28)16-3-7-18(29-2)8-4-16/h3-14H,1-2H3,(H,26,28). The van der Waals surface area contributed by atoms with Gasteiger partial charge in [-0.15, -0.1) is 0 Å². The molecule has 0 spiro atoms. The number of carbonyl (C=O) groups is 1. The van der Waals surface area contributed by atoms with Crippen LogP contribution in [0.5, 0.6) is 17.4 Å². The van der Waals surface area contributed by atoms with Crippen molar-refractivity contribution in [2.24, 2.45) is 0 Å². The van der Waals surface area contributed by atoms with E-state index in [2.05, 4.69) is 20.3 Å². The monoisotopic (exact) mass is 401 g/mol. The van der Waals surface area contributed by atoms with E-state index in [1.54, 1.807) is 67.9 Å². The number of aryl methyl sites for hydroxylation is 1. The van der Waals surface area contributed by atoms with Crippen molar-refractivity contribution in [1.29, 1.82) is 0 Å². The Morgan fingerprint density at radius 1 is 0.967 bits per heavy atom. The first kappa shape index (κ1) is 19.1. The molecule has 0 unspecified atom stereocenters. The average molecular weight is 401 g/mol. The molecule has 0 saturated heterocycles. The van der Waals surface area contributed by atoms with E-state index >= 15 is 0 Å². The number of methoxy groups -OCH3 is 1. The van der Waals surface area contributed by atoms with Crippen molar-refractivity contribution in [3.05, 3.63) is 84.7 Å². The number of amides is 1. The minimum Gasteiger partial charge on any atom is -0.497 e. The van der Waals surface area contributed by atoms with Crippen molar-refractivity contribution in [2.75, 3.05) is 12.4 Å². The molecule has 30 heavy (non-hydrogen) atoms. The topological polar surface area (TPSA) is 91.2 Å². The molecule has 1 amide bonds. The third-order valence-electron chi connectivity index (χ3n) is 4.39. The van der Waals surface area contributed by atoms with Crippen LogP contribution in [0.25, 0.3) is 5.82 Å². The van der Waals surface area contributed by atoms with Crippen LogP contribution in [0, 0.1) is 6.92 Å². The van der Waals surface area contributed by atoms with Gasteiger partial charge >= 0.3 is 0 Å². The molecule has 4 rings (SSSR count). The average Bonchev–Trinajstić information content (AvgIpc) is 3.21. The maximum atomic E-state index is 12.4. The van der Waals surface area contributed by atoms with Gasteiger partial charge in [0.25, 0.3) is 5.91 Å². The van der Waals surface area contributed by atoms with E-state index < -0.39 is 0 Å². The normalized spacial score (nSPS) is 10.5. The van der Waals surface area contributed by atoms with Crippen LogP contribution in [0.1, 0.15) is 16.2 Å². The van der Waals surface area contributed by atoms with Gasteiger partial charge in [0, 0.05) is 29.7 Å². The van der Waals surface area contributed by atoms with Crippen LogP contribution in [0.4, 0.5) is 5.69 Å². The van der Waals surface area contributed by atoms with Crippen molar-refractivity contribution >= 4 is 11.6 Å². The van der Waals surface area contributed by atoms with Crippen molar-refractivity contribution in [3.8, 4) is 23.2 Å². The summed E-state index contributed by atoms with van der Waals surface area (Å²) in [6.45, 7) is 1.89. The molecule has 8 nitrogen and oxygen atoms in total. The van der Waals surface area contributed by atoms with E-state index in [0.717, 1.165) is 5.82 Å². The third kappa shape index (κ3) is 4.27. The SMILES string of the molecule is COc1ccc(C(=O)Nc2ccc(Oc3cc(-n4ccnc4C)ncn3)cc2)cc1. The minimum atomic E-state index is -0.206. The van der Waals surface area contributed by atoms with E-state index in [0.29, 0.717) is 34.4 Å². The molecule has 150 valence electrons. The highest BCUT2D eigenvalue weighted by Gasteiger charge is 2.08. The number of nitrogens with zero attached hydrogens (tertiary/aromatic N) is 4. The third-order valence-corrected chi connectivity index (χ3v) is 4.39. The summed E-state index contributed by atoms with van der Waals surface area (Å²) in [6.07, 6.45) is 4.96. The lowest BCUT2D eigenvalue weighted by molar-refractivity contribution is 0.102. The van der Waals surface area contributed by atoms with Crippen molar-refractivity contribution in [1.82, 2.24) is 19.5 Å². The second-order valence-corrected chi connectivity index (χ2v) is 6.37. The van der Waals surface area contributed by atoms with Crippen molar-refractivity contribution in [3.63, 3.8) is 0 Å². The number of hydrogen-bond acceptors (Lipinski definition) is 6. The fourth-order valence-corrected chi connectivity index (χ4v) is 2.81. The number of anilines is 1. The zero-order valence-electron chi connectivity index (χ0n) is 16.4. The molecular weight excluding hydrogens is 382 g/mol. The van der Waals surface area contributed by atoms with Gasteiger partial charge in [-0.2, -0.15) is 0 Å². The van der Waals surface area contributed by atoms with Gasteiger partial charge in [-0.05, 0) is 55.5 Å².